The molecule has 1 saturated heterocycles. The molecule has 1 aliphatic heterocycles. The van der Waals surface area contributed by atoms with E-state index < -0.39 is 5.82 Å². The van der Waals surface area contributed by atoms with E-state index in [4.69, 9.17) is 5.73 Å². The van der Waals surface area contributed by atoms with Crippen molar-refractivity contribution < 1.29 is 9.18 Å². The van der Waals surface area contributed by atoms with E-state index in [1.807, 2.05) is 6.92 Å². The average Bonchev–Trinajstić information content (AvgIpc) is 2.36. The normalized spacial score (nSPS) is 21.3. The lowest BCUT2D eigenvalue weighted by Crippen LogP contribution is -2.51. The summed E-state index contributed by atoms with van der Waals surface area (Å²) < 4.78 is 14.0. The smallest absolute Gasteiger partial charge is 0.254 e. The summed E-state index contributed by atoms with van der Waals surface area (Å²) in [6.07, 6.45) is 2.98. The molecule has 2 N–H and O–H groups in total. The molecule has 1 aromatic carbocycles. The molecular formula is C14H18BrFN2O. The van der Waals surface area contributed by atoms with Crippen LogP contribution in [0.2, 0.25) is 0 Å². The van der Waals surface area contributed by atoms with Crippen molar-refractivity contribution in [1.82, 2.24) is 4.90 Å². The van der Waals surface area contributed by atoms with Crippen LogP contribution < -0.4 is 5.73 Å². The second-order valence-corrected chi connectivity index (χ2v) is 5.99. The molecule has 2 atom stereocenters. The highest BCUT2D eigenvalue weighted by molar-refractivity contribution is 9.10. The monoisotopic (exact) mass is 328 g/mol. The molecule has 0 aliphatic carbocycles. The summed E-state index contributed by atoms with van der Waals surface area (Å²) in [5, 5.41) is 0. The number of carbonyl (C=O) groups excluding carboxylic acids is 1. The zero-order valence-electron chi connectivity index (χ0n) is 10.9. The molecule has 1 fully saturated rings. The highest BCUT2D eigenvalue weighted by Gasteiger charge is 2.30. The van der Waals surface area contributed by atoms with Gasteiger partial charge in [-0.25, -0.2) is 4.39 Å². The Kier molecular flexibility index (Phi) is 4.58. The van der Waals surface area contributed by atoms with Crippen LogP contribution in [-0.4, -0.2) is 29.4 Å². The Bertz CT molecular complexity index is 458. The van der Waals surface area contributed by atoms with E-state index in [9.17, 15) is 9.18 Å². The van der Waals surface area contributed by atoms with Gasteiger partial charge in [-0.1, -0.05) is 15.9 Å². The van der Waals surface area contributed by atoms with Crippen molar-refractivity contribution in [3.8, 4) is 0 Å². The first-order chi connectivity index (χ1) is 8.99. The van der Waals surface area contributed by atoms with Gasteiger partial charge in [0.2, 0.25) is 0 Å². The van der Waals surface area contributed by atoms with Crippen LogP contribution in [0.4, 0.5) is 4.39 Å². The second-order valence-electron chi connectivity index (χ2n) is 5.08. The minimum Gasteiger partial charge on any atom is -0.334 e. The maximum absolute atomic E-state index is 13.4. The number of hydrogen-bond donors (Lipinski definition) is 1. The highest BCUT2D eigenvalue weighted by atomic mass is 79.9. The van der Waals surface area contributed by atoms with Crippen LogP contribution in [-0.2, 0) is 0 Å². The third kappa shape index (κ3) is 3.34. The Morgan fingerprint density at radius 1 is 1.47 bits per heavy atom. The number of piperidine rings is 1. The van der Waals surface area contributed by atoms with Crippen molar-refractivity contribution in [3.05, 3.63) is 34.1 Å². The molecule has 2 rings (SSSR count). The van der Waals surface area contributed by atoms with Crippen molar-refractivity contribution >= 4 is 21.8 Å². The number of nitrogens with two attached hydrogens (primary N) is 1. The fourth-order valence-electron chi connectivity index (χ4n) is 2.60. The van der Waals surface area contributed by atoms with Crippen LogP contribution in [0.15, 0.2) is 22.7 Å². The summed E-state index contributed by atoms with van der Waals surface area (Å²) >= 11 is 3.21. The molecule has 0 aromatic heterocycles. The lowest BCUT2D eigenvalue weighted by molar-refractivity contribution is 0.0583. The number of halogens is 2. The van der Waals surface area contributed by atoms with Crippen molar-refractivity contribution in [2.24, 2.45) is 5.73 Å². The van der Waals surface area contributed by atoms with Crippen LogP contribution in [0.5, 0.6) is 0 Å². The highest BCUT2D eigenvalue weighted by Crippen LogP contribution is 2.23. The van der Waals surface area contributed by atoms with Gasteiger partial charge in [-0.15, -0.1) is 0 Å². The summed E-state index contributed by atoms with van der Waals surface area (Å²) in [6, 6.07) is 4.25. The van der Waals surface area contributed by atoms with Crippen LogP contribution in [0.3, 0.4) is 0 Å². The van der Waals surface area contributed by atoms with E-state index in [0.717, 1.165) is 19.3 Å². The van der Waals surface area contributed by atoms with Crippen LogP contribution in [0, 0.1) is 5.82 Å². The topological polar surface area (TPSA) is 46.3 Å². The van der Waals surface area contributed by atoms with Crippen LogP contribution in [0.1, 0.15) is 36.5 Å². The van der Waals surface area contributed by atoms with Gasteiger partial charge in [-0.05, 0) is 44.4 Å². The third-order valence-corrected chi connectivity index (χ3v) is 3.98. The standard InChI is InChI=1S/C14H18BrFN2O/c1-9(17)13-4-2-3-5-18(13)14(19)10-6-11(15)8-12(16)7-10/h6-9,13H,2-5,17H2,1H3. The quantitative estimate of drug-likeness (QED) is 0.907. The van der Waals surface area contributed by atoms with Gasteiger partial charge in [0.1, 0.15) is 5.82 Å². The summed E-state index contributed by atoms with van der Waals surface area (Å²) in [5.41, 5.74) is 6.33. The fraction of sp³-hybridized carbons (Fsp3) is 0.500. The van der Waals surface area contributed by atoms with Gasteiger partial charge in [-0.2, -0.15) is 0 Å². The van der Waals surface area contributed by atoms with Gasteiger partial charge >= 0.3 is 0 Å². The lowest BCUT2D eigenvalue weighted by atomic mass is 9.96. The predicted octanol–water partition coefficient (Wildman–Crippen LogP) is 2.93. The van der Waals surface area contributed by atoms with Crippen LogP contribution in [0.25, 0.3) is 0 Å². The number of benzene rings is 1. The zero-order valence-corrected chi connectivity index (χ0v) is 12.5. The molecule has 19 heavy (non-hydrogen) atoms. The first-order valence-electron chi connectivity index (χ1n) is 6.51. The molecule has 0 radical (unpaired) electrons. The fourth-order valence-corrected chi connectivity index (χ4v) is 3.06. The molecule has 1 amide bonds. The first kappa shape index (κ1) is 14.5. The number of carbonyl (C=O) groups is 1. The predicted molar refractivity (Wildman–Crippen MR) is 76.4 cm³/mol. The van der Waals surface area contributed by atoms with Crippen molar-refractivity contribution in [3.63, 3.8) is 0 Å². The van der Waals surface area contributed by atoms with E-state index in [1.54, 1.807) is 11.0 Å². The average molecular weight is 329 g/mol. The van der Waals surface area contributed by atoms with Gasteiger partial charge in [0.05, 0.1) is 0 Å². The minimum atomic E-state index is -0.410. The number of hydrogen-bond acceptors (Lipinski definition) is 2. The van der Waals surface area contributed by atoms with E-state index in [1.165, 1.54) is 12.1 Å². The molecule has 0 bridgehead atoms. The summed E-state index contributed by atoms with van der Waals surface area (Å²) in [4.78, 5) is 14.3. The van der Waals surface area contributed by atoms with Gasteiger partial charge in [0.25, 0.3) is 5.91 Å². The molecule has 2 unspecified atom stereocenters. The molecule has 3 nitrogen and oxygen atoms in total. The lowest BCUT2D eigenvalue weighted by Gasteiger charge is -2.38. The molecule has 5 heteroatoms. The Hall–Kier alpha value is -0.940. The molecule has 1 heterocycles. The van der Waals surface area contributed by atoms with E-state index in [2.05, 4.69) is 15.9 Å². The summed E-state index contributed by atoms with van der Waals surface area (Å²) in [5.74, 6) is -0.547. The molecular weight excluding hydrogens is 311 g/mol. The number of likely N-dealkylation sites (tertiary alicyclic amines) is 1. The van der Waals surface area contributed by atoms with Crippen molar-refractivity contribution in [2.45, 2.75) is 38.3 Å². The summed E-state index contributed by atoms with van der Waals surface area (Å²) in [6.45, 7) is 2.61. The number of rotatable bonds is 2. The maximum atomic E-state index is 13.4. The molecule has 0 saturated carbocycles. The van der Waals surface area contributed by atoms with Gasteiger partial charge in [0.15, 0.2) is 0 Å². The maximum Gasteiger partial charge on any atom is 0.254 e. The molecule has 0 spiro atoms. The molecule has 104 valence electrons. The first-order valence-corrected chi connectivity index (χ1v) is 7.31. The Morgan fingerprint density at radius 3 is 2.84 bits per heavy atom. The zero-order chi connectivity index (χ0) is 14.0. The second kappa shape index (κ2) is 6.01. The van der Waals surface area contributed by atoms with Gasteiger partial charge in [-0.3, -0.25) is 4.79 Å². The molecule has 1 aromatic rings. The number of amides is 1. The Labute approximate surface area is 121 Å². The van der Waals surface area contributed by atoms with E-state index in [-0.39, 0.29) is 18.0 Å². The number of nitrogens with zero attached hydrogens (tertiary/aromatic N) is 1. The van der Waals surface area contributed by atoms with Crippen LogP contribution >= 0.6 is 15.9 Å². The van der Waals surface area contributed by atoms with Crippen molar-refractivity contribution in [1.29, 1.82) is 0 Å². The van der Waals surface area contributed by atoms with Gasteiger partial charge in [0, 0.05) is 28.7 Å². The summed E-state index contributed by atoms with van der Waals surface area (Å²) in [7, 11) is 0. The van der Waals surface area contributed by atoms with Gasteiger partial charge < -0.3 is 10.6 Å². The van der Waals surface area contributed by atoms with E-state index >= 15 is 0 Å². The van der Waals surface area contributed by atoms with Crippen molar-refractivity contribution in [2.75, 3.05) is 6.54 Å². The SMILES string of the molecule is CC(N)C1CCCCN1C(=O)c1cc(F)cc(Br)c1. The Morgan fingerprint density at radius 2 is 2.21 bits per heavy atom. The largest absolute Gasteiger partial charge is 0.334 e. The minimum absolute atomic E-state index is 0.0447. The van der Waals surface area contributed by atoms with E-state index in [0.29, 0.717) is 16.6 Å². The third-order valence-electron chi connectivity index (χ3n) is 3.53. The Balaban J connectivity index is 2.26. The molecule has 1 aliphatic rings.